The molecule has 3 aromatic carbocycles. The molecule has 0 amide bonds. The Balaban J connectivity index is 1.60. The number of rotatable bonds is 10. The summed E-state index contributed by atoms with van der Waals surface area (Å²) in [6, 6.07) is 19.8. The zero-order valence-corrected chi connectivity index (χ0v) is 29.0. The number of carbonyl (C=O) groups excluding carboxylic acids is 1. The van der Waals surface area contributed by atoms with Gasteiger partial charge in [0.05, 0.1) is 50.8 Å². The van der Waals surface area contributed by atoms with Crippen molar-refractivity contribution in [2.45, 2.75) is 46.4 Å². The number of nitrogens with zero attached hydrogens (tertiary/aromatic N) is 3. The summed E-state index contributed by atoms with van der Waals surface area (Å²) in [5, 5.41) is 9.44. The van der Waals surface area contributed by atoms with E-state index in [-0.39, 0.29) is 30.5 Å². The third-order valence-electron chi connectivity index (χ3n) is 7.15. The van der Waals surface area contributed by atoms with Gasteiger partial charge in [0.25, 0.3) is 5.56 Å². The molecule has 1 aliphatic heterocycles. The Morgan fingerprint density at radius 3 is 2.61 bits per heavy atom. The van der Waals surface area contributed by atoms with Crippen LogP contribution in [0.4, 0.5) is 0 Å². The van der Waals surface area contributed by atoms with E-state index in [1.807, 2.05) is 62.4 Å². The number of thiazole rings is 1. The highest BCUT2D eigenvalue weighted by atomic mass is 127. The van der Waals surface area contributed by atoms with Gasteiger partial charge in [0.1, 0.15) is 18.4 Å². The zero-order chi connectivity index (χ0) is 33.0. The Morgan fingerprint density at radius 1 is 1.15 bits per heavy atom. The van der Waals surface area contributed by atoms with Crippen LogP contribution in [0.2, 0.25) is 0 Å². The van der Waals surface area contributed by atoms with Gasteiger partial charge in [-0.05, 0) is 86.2 Å². The van der Waals surface area contributed by atoms with Gasteiger partial charge in [-0.25, -0.2) is 9.79 Å². The number of benzene rings is 3. The van der Waals surface area contributed by atoms with E-state index in [0.717, 1.165) is 14.7 Å². The van der Waals surface area contributed by atoms with Crippen molar-refractivity contribution >= 4 is 46.0 Å². The minimum Gasteiger partial charge on any atom is -0.493 e. The molecule has 0 unspecified atom stereocenters. The number of para-hydroxylation sites is 1. The monoisotopic (exact) mass is 749 g/mol. The third kappa shape index (κ3) is 6.73. The lowest BCUT2D eigenvalue weighted by Crippen LogP contribution is -2.40. The maximum absolute atomic E-state index is 14.2. The van der Waals surface area contributed by atoms with Crippen molar-refractivity contribution in [2.24, 2.45) is 4.99 Å². The molecule has 46 heavy (non-hydrogen) atoms. The first-order valence-corrected chi connectivity index (χ1v) is 16.5. The van der Waals surface area contributed by atoms with E-state index in [1.54, 1.807) is 43.7 Å². The van der Waals surface area contributed by atoms with Gasteiger partial charge in [-0.1, -0.05) is 47.7 Å². The van der Waals surface area contributed by atoms with Gasteiger partial charge in [-0.2, -0.15) is 5.26 Å². The number of aromatic nitrogens is 1. The van der Waals surface area contributed by atoms with Crippen molar-refractivity contribution in [3.63, 3.8) is 0 Å². The maximum atomic E-state index is 14.2. The van der Waals surface area contributed by atoms with Crippen LogP contribution in [0.1, 0.15) is 56.0 Å². The lowest BCUT2D eigenvalue weighted by Gasteiger charge is -2.26. The number of carbonyl (C=O) groups is 1. The Bertz CT molecular complexity index is 2060. The fraction of sp³-hybridized carbons (Fsp3) is 0.257. The average Bonchev–Trinajstić information content (AvgIpc) is 3.33. The first-order chi connectivity index (χ1) is 22.2. The molecular weight excluding hydrogens is 717 g/mol. The first-order valence-electron chi connectivity index (χ1n) is 14.6. The number of nitriles is 1. The second-order valence-corrected chi connectivity index (χ2v) is 12.8. The largest absolute Gasteiger partial charge is 0.493 e. The molecule has 0 spiro atoms. The van der Waals surface area contributed by atoms with Crippen LogP contribution in [-0.2, 0) is 16.1 Å². The van der Waals surface area contributed by atoms with Crippen LogP contribution >= 0.6 is 33.9 Å². The summed E-state index contributed by atoms with van der Waals surface area (Å²) in [7, 11) is 1.55. The van der Waals surface area contributed by atoms with E-state index < -0.39 is 12.0 Å². The van der Waals surface area contributed by atoms with Gasteiger partial charge in [-0.15, -0.1) is 0 Å². The van der Waals surface area contributed by atoms with Crippen LogP contribution < -0.4 is 29.1 Å². The molecular formula is C35H32IN3O6S. The van der Waals surface area contributed by atoms with E-state index in [1.165, 1.54) is 11.3 Å². The van der Waals surface area contributed by atoms with Gasteiger partial charge in [0, 0.05) is 11.1 Å². The number of esters is 1. The van der Waals surface area contributed by atoms with Gasteiger partial charge in [0.15, 0.2) is 16.3 Å². The SMILES string of the molecule is CCOC(=O)C1=C(C)N=c2s/c(=C/c3cc(I)c(OCc4ccccc4C#N)c(OC)c3)c(=O)n2[C@H]1c1ccccc1OC(C)C. The predicted octanol–water partition coefficient (Wildman–Crippen LogP) is 5.65. The average molecular weight is 750 g/mol. The summed E-state index contributed by atoms with van der Waals surface area (Å²) >= 11 is 3.40. The van der Waals surface area contributed by atoms with Gasteiger partial charge >= 0.3 is 5.97 Å². The molecule has 0 saturated carbocycles. The van der Waals surface area contributed by atoms with E-state index in [9.17, 15) is 14.9 Å². The Labute approximate surface area is 284 Å². The number of fused-ring (bicyclic) bond motifs is 1. The molecule has 1 aliphatic rings. The highest BCUT2D eigenvalue weighted by Gasteiger charge is 2.35. The summed E-state index contributed by atoms with van der Waals surface area (Å²) in [5.74, 6) is 1.06. The number of halogens is 1. The molecule has 4 aromatic rings. The van der Waals surface area contributed by atoms with Crippen LogP contribution in [0.25, 0.3) is 6.08 Å². The standard InChI is InChI=1S/C35H32IN3O6S/c1-6-43-34(41)30-21(4)38-35-39(31(30)25-13-9-10-14-27(25)45-20(2)3)33(40)29(46-35)17-22-15-26(36)32(28(16-22)42-5)44-19-24-12-8-7-11-23(24)18-37/h7-17,20,31H,6,19H2,1-5H3/b29-17+/t31-/m0/s1. The number of hydrogen-bond donors (Lipinski definition) is 0. The van der Waals surface area contributed by atoms with Crippen molar-refractivity contribution in [1.29, 1.82) is 5.26 Å². The van der Waals surface area contributed by atoms with E-state index in [4.69, 9.17) is 18.9 Å². The van der Waals surface area contributed by atoms with E-state index >= 15 is 0 Å². The van der Waals surface area contributed by atoms with Crippen LogP contribution in [-0.4, -0.2) is 30.4 Å². The molecule has 0 radical (unpaired) electrons. The van der Waals surface area contributed by atoms with E-state index in [2.05, 4.69) is 33.7 Å². The molecule has 0 fully saturated rings. The predicted molar refractivity (Wildman–Crippen MR) is 184 cm³/mol. The molecule has 0 saturated heterocycles. The minimum atomic E-state index is -0.797. The number of ether oxygens (including phenoxy) is 4. The quantitative estimate of drug-likeness (QED) is 0.152. The topological polar surface area (TPSA) is 112 Å². The maximum Gasteiger partial charge on any atom is 0.338 e. The molecule has 0 aliphatic carbocycles. The first kappa shape index (κ1) is 33.0. The lowest BCUT2D eigenvalue weighted by atomic mass is 9.95. The summed E-state index contributed by atoms with van der Waals surface area (Å²) in [6.07, 6.45) is 1.65. The fourth-order valence-corrected chi connectivity index (χ4v) is 7.00. The molecule has 1 atom stereocenters. The number of hydrogen-bond acceptors (Lipinski definition) is 9. The fourth-order valence-electron chi connectivity index (χ4n) is 5.17. The summed E-state index contributed by atoms with van der Waals surface area (Å²) < 4.78 is 26.1. The molecule has 5 rings (SSSR count). The molecule has 11 heteroatoms. The summed E-state index contributed by atoms with van der Waals surface area (Å²) in [6.45, 7) is 7.72. The Kier molecular flexibility index (Phi) is 10.3. The van der Waals surface area contributed by atoms with E-state index in [0.29, 0.717) is 43.4 Å². The van der Waals surface area contributed by atoms with Gasteiger partial charge in [-0.3, -0.25) is 9.36 Å². The third-order valence-corrected chi connectivity index (χ3v) is 8.94. The molecule has 2 heterocycles. The lowest BCUT2D eigenvalue weighted by molar-refractivity contribution is -0.139. The smallest absolute Gasteiger partial charge is 0.338 e. The molecule has 0 N–H and O–H groups in total. The van der Waals surface area contributed by atoms with Crippen molar-refractivity contribution in [3.05, 3.63) is 117 Å². The second-order valence-electron chi connectivity index (χ2n) is 10.6. The van der Waals surface area contributed by atoms with Gasteiger partial charge in [0.2, 0.25) is 0 Å². The van der Waals surface area contributed by atoms with Crippen LogP contribution in [0, 0.1) is 14.9 Å². The molecule has 236 valence electrons. The number of allylic oxidation sites excluding steroid dienone is 1. The van der Waals surface area contributed by atoms with Gasteiger partial charge < -0.3 is 18.9 Å². The highest BCUT2D eigenvalue weighted by Crippen LogP contribution is 2.37. The van der Waals surface area contributed by atoms with Crippen molar-refractivity contribution in [3.8, 4) is 23.3 Å². The molecule has 1 aromatic heterocycles. The molecule has 0 bridgehead atoms. The van der Waals surface area contributed by atoms with Crippen molar-refractivity contribution in [2.75, 3.05) is 13.7 Å². The van der Waals surface area contributed by atoms with Crippen LogP contribution in [0.3, 0.4) is 0 Å². The Hall–Kier alpha value is -4.41. The Morgan fingerprint density at radius 2 is 1.89 bits per heavy atom. The summed E-state index contributed by atoms with van der Waals surface area (Å²) in [4.78, 5) is 32.6. The normalized spacial score (nSPS) is 14.4. The van der Waals surface area contributed by atoms with Crippen LogP contribution in [0.15, 0.2) is 81.7 Å². The second kappa shape index (κ2) is 14.3. The minimum absolute atomic E-state index is 0.126. The highest BCUT2D eigenvalue weighted by molar-refractivity contribution is 14.1. The van der Waals surface area contributed by atoms with Crippen molar-refractivity contribution in [1.82, 2.24) is 4.57 Å². The summed E-state index contributed by atoms with van der Waals surface area (Å²) in [5.41, 5.74) is 3.16. The van der Waals surface area contributed by atoms with Crippen molar-refractivity contribution < 1.29 is 23.7 Å². The van der Waals surface area contributed by atoms with Crippen LogP contribution in [0.5, 0.6) is 17.2 Å². The zero-order valence-electron chi connectivity index (χ0n) is 26.0. The number of methoxy groups -OCH3 is 1. The molecule has 9 nitrogen and oxygen atoms in total.